The van der Waals surface area contributed by atoms with Gasteiger partial charge in [0.15, 0.2) is 0 Å². The Balaban J connectivity index is 2.58. The average molecular weight is 307 g/mol. The molecule has 2 atom stereocenters. The first kappa shape index (κ1) is 17.8. The molecule has 3 nitrogen and oxygen atoms in total. The van der Waals surface area contributed by atoms with Gasteiger partial charge in [-0.1, -0.05) is 6.92 Å². The van der Waals surface area contributed by atoms with E-state index in [4.69, 9.17) is 0 Å². The van der Waals surface area contributed by atoms with E-state index in [0.29, 0.717) is 12.2 Å². The van der Waals surface area contributed by atoms with E-state index in [1.54, 1.807) is 25.1 Å². The fraction of sp³-hybridized carbons (Fsp3) is 0.643. The molecule has 0 aliphatic carbocycles. The normalized spacial score (nSPS) is 15.2. The van der Waals surface area contributed by atoms with Crippen LogP contribution >= 0.6 is 0 Å². The lowest BCUT2D eigenvalue weighted by molar-refractivity contribution is -0.137. The third kappa shape index (κ3) is 6.39. The summed E-state index contributed by atoms with van der Waals surface area (Å²) in [7, 11) is 3.41. The second kappa shape index (κ2) is 7.70. The lowest BCUT2D eigenvalue weighted by atomic mass is 9.98. The van der Waals surface area contributed by atoms with E-state index in [2.05, 4.69) is 10.3 Å². The van der Waals surface area contributed by atoms with Crippen molar-refractivity contribution < 1.29 is 17.6 Å². The quantitative estimate of drug-likeness (QED) is 0.785. The van der Waals surface area contributed by atoms with E-state index in [0.717, 1.165) is 6.20 Å². The number of hydrogen-bond acceptors (Lipinski definition) is 3. The number of alkyl halides is 3. The van der Waals surface area contributed by atoms with Crippen molar-refractivity contribution in [2.24, 2.45) is 5.92 Å². The van der Waals surface area contributed by atoms with Crippen LogP contribution in [0.4, 0.5) is 17.6 Å². The highest BCUT2D eigenvalue weighted by atomic mass is 19.4. The van der Waals surface area contributed by atoms with E-state index in [9.17, 15) is 17.6 Å². The second-order valence-electron chi connectivity index (χ2n) is 5.27. The van der Waals surface area contributed by atoms with E-state index >= 15 is 0 Å². The van der Waals surface area contributed by atoms with Crippen molar-refractivity contribution in [1.82, 2.24) is 15.2 Å². The van der Waals surface area contributed by atoms with Gasteiger partial charge in [0.1, 0.15) is 5.82 Å². The molecule has 0 radical (unpaired) electrons. The molecular formula is C14H21F4N3. The van der Waals surface area contributed by atoms with Crippen LogP contribution in [0.15, 0.2) is 18.3 Å². The van der Waals surface area contributed by atoms with Crippen LogP contribution in [0.2, 0.25) is 0 Å². The molecule has 7 heteroatoms. The Morgan fingerprint density at radius 1 is 1.33 bits per heavy atom. The molecule has 0 bridgehead atoms. The van der Waals surface area contributed by atoms with Gasteiger partial charge < -0.3 is 10.2 Å². The number of aromatic nitrogens is 1. The van der Waals surface area contributed by atoms with Crippen molar-refractivity contribution >= 4 is 0 Å². The Morgan fingerprint density at radius 3 is 2.48 bits per heavy atom. The van der Waals surface area contributed by atoms with Gasteiger partial charge in [-0.2, -0.15) is 13.2 Å². The molecule has 0 spiro atoms. The van der Waals surface area contributed by atoms with Gasteiger partial charge in [-0.3, -0.25) is 4.98 Å². The minimum atomic E-state index is -4.14. The monoisotopic (exact) mass is 307 g/mol. The Kier molecular flexibility index (Phi) is 6.54. The zero-order valence-corrected chi connectivity index (χ0v) is 12.4. The molecular weight excluding hydrogens is 286 g/mol. The largest absolute Gasteiger partial charge is 0.390 e. The van der Waals surface area contributed by atoms with Gasteiger partial charge in [-0.15, -0.1) is 0 Å². The van der Waals surface area contributed by atoms with Gasteiger partial charge in [0.25, 0.3) is 0 Å². The van der Waals surface area contributed by atoms with Crippen molar-refractivity contribution in [3.05, 3.63) is 29.8 Å². The number of halogens is 4. The Morgan fingerprint density at radius 2 is 2.00 bits per heavy atom. The van der Waals surface area contributed by atoms with Crippen LogP contribution in [0.25, 0.3) is 0 Å². The maximum atomic E-state index is 12.9. The highest BCUT2D eigenvalue weighted by molar-refractivity contribution is 5.10. The first-order valence-corrected chi connectivity index (χ1v) is 6.77. The maximum Gasteiger partial charge on any atom is 0.390 e. The first-order valence-electron chi connectivity index (χ1n) is 6.77. The minimum absolute atomic E-state index is 0.0335. The summed E-state index contributed by atoms with van der Waals surface area (Å²) >= 11 is 0. The summed E-state index contributed by atoms with van der Waals surface area (Å²) in [4.78, 5) is 5.67. The molecule has 1 heterocycles. The van der Waals surface area contributed by atoms with Gasteiger partial charge in [-0.05, 0) is 32.1 Å². The molecule has 0 fully saturated rings. The molecule has 0 aliphatic rings. The summed E-state index contributed by atoms with van der Waals surface area (Å²) in [5, 5.41) is 3.08. The molecule has 0 aromatic carbocycles. The van der Waals surface area contributed by atoms with Crippen LogP contribution in [0, 0.1) is 11.7 Å². The van der Waals surface area contributed by atoms with E-state index in [1.165, 1.54) is 6.07 Å². The smallest absolute Gasteiger partial charge is 0.311 e. The highest BCUT2D eigenvalue weighted by Crippen LogP contribution is 2.23. The number of nitrogens with one attached hydrogen (secondary N) is 1. The summed E-state index contributed by atoms with van der Waals surface area (Å²) in [6.07, 6.45) is -3.83. The molecule has 1 aromatic heterocycles. The van der Waals surface area contributed by atoms with Crippen LogP contribution in [0.5, 0.6) is 0 Å². The standard InChI is InChI=1S/C14H21F4N3/c1-10(9-21(3)7-6-14(16,17)18)13(19-2)12-5-4-11(15)8-20-12/h4-5,8,10,13,19H,6-7,9H2,1-3H3. The van der Waals surface area contributed by atoms with Crippen LogP contribution < -0.4 is 5.32 Å². The fourth-order valence-corrected chi connectivity index (χ4v) is 2.30. The van der Waals surface area contributed by atoms with Crippen molar-refractivity contribution in [3.63, 3.8) is 0 Å². The third-order valence-electron chi connectivity index (χ3n) is 3.33. The van der Waals surface area contributed by atoms with Crippen molar-refractivity contribution in [1.29, 1.82) is 0 Å². The summed E-state index contributed by atoms with van der Waals surface area (Å²) in [6.45, 7) is 2.37. The van der Waals surface area contributed by atoms with Crippen LogP contribution in [0.1, 0.15) is 25.1 Å². The number of pyridine rings is 1. The molecule has 2 unspecified atom stereocenters. The Hall–Kier alpha value is -1.21. The second-order valence-corrected chi connectivity index (χ2v) is 5.27. The van der Waals surface area contributed by atoms with E-state index in [-0.39, 0.29) is 18.5 Å². The van der Waals surface area contributed by atoms with Crippen molar-refractivity contribution in [2.45, 2.75) is 25.6 Å². The molecule has 21 heavy (non-hydrogen) atoms. The Bertz CT molecular complexity index is 419. The van der Waals surface area contributed by atoms with Gasteiger partial charge in [-0.25, -0.2) is 4.39 Å². The topological polar surface area (TPSA) is 28.2 Å². The summed E-state index contributed by atoms with van der Waals surface area (Å²) in [5.41, 5.74) is 0.677. The van der Waals surface area contributed by atoms with E-state index < -0.39 is 18.4 Å². The number of hydrogen-bond donors (Lipinski definition) is 1. The zero-order chi connectivity index (χ0) is 16.0. The number of rotatable bonds is 7. The SMILES string of the molecule is CNC(c1ccc(F)cn1)C(C)CN(C)CCC(F)(F)F. The van der Waals surface area contributed by atoms with E-state index in [1.807, 2.05) is 6.92 Å². The summed E-state index contributed by atoms with van der Waals surface area (Å²) < 4.78 is 49.5. The van der Waals surface area contributed by atoms with Gasteiger partial charge in [0.2, 0.25) is 0 Å². The zero-order valence-electron chi connectivity index (χ0n) is 12.4. The average Bonchev–Trinajstić information content (AvgIpc) is 2.39. The molecule has 120 valence electrons. The lowest BCUT2D eigenvalue weighted by Crippen LogP contribution is -2.34. The predicted molar refractivity (Wildman–Crippen MR) is 73.3 cm³/mol. The molecule has 0 amide bonds. The highest BCUT2D eigenvalue weighted by Gasteiger charge is 2.28. The lowest BCUT2D eigenvalue weighted by Gasteiger charge is -2.28. The number of nitrogens with zero attached hydrogens (tertiary/aromatic N) is 2. The molecule has 1 N–H and O–H groups in total. The van der Waals surface area contributed by atoms with Crippen molar-refractivity contribution in [3.8, 4) is 0 Å². The third-order valence-corrected chi connectivity index (χ3v) is 3.33. The molecule has 0 aliphatic heterocycles. The van der Waals surface area contributed by atoms with Crippen LogP contribution in [-0.4, -0.2) is 43.2 Å². The Labute approximate surface area is 122 Å². The molecule has 0 saturated heterocycles. The van der Waals surface area contributed by atoms with Crippen LogP contribution in [-0.2, 0) is 0 Å². The molecule has 0 saturated carbocycles. The minimum Gasteiger partial charge on any atom is -0.311 e. The maximum absolute atomic E-state index is 12.9. The molecule has 1 aromatic rings. The summed E-state index contributed by atoms with van der Waals surface area (Å²) in [6, 6.07) is 2.77. The fourth-order valence-electron chi connectivity index (χ4n) is 2.30. The van der Waals surface area contributed by atoms with Crippen LogP contribution in [0.3, 0.4) is 0 Å². The molecule has 1 rings (SSSR count). The van der Waals surface area contributed by atoms with Gasteiger partial charge >= 0.3 is 6.18 Å². The van der Waals surface area contributed by atoms with Gasteiger partial charge in [0, 0.05) is 13.1 Å². The van der Waals surface area contributed by atoms with Crippen molar-refractivity contribution in [2.75, 3.05) is 27.2 Å². The predicted octanol–water partition coefficient (Wildman–Crippen LogP) is 3.00. The summed E-state index contributed by atoms with van der Waals surface area (Å²) in [5.74, 6) is -0.380. The first-order chi connectivity index (χ1) is 9.73. The van der Waals surface area contributed by atoms with Gasteiger partial charge in [0.05, 0.1) is 24.4 Å².